The van der Waals surface area contributed by atoms with Crippen LogP contribution in [-0.4, -0.2) is 38.6 Å². The van der Waals surface area contributed by atoms with E-state index in [-0.39, 0.29) is 41.9 Å². The quantitative estimate of drug-likeness (QED) is 0.660. The Bertz CT molecular complexity index is 1160. The number of likely N-dealkylation sites (tertiary alicyclic amines) is 1. The molecular formula is C23H22ClFN4O2. The fourth-order valence-electron chi connectivity index (χ4n) is 4.99. The average molecular weight is 441 g/mol. The van der Waals surface area contributed by atoms with E-state index >= 15 is 0 Å². The topological polar surface area (TPSA) is 67.2 Å². The van der Waals surface area contributed by atoms with Gasteiger partial charge in [0.25, 0.3) is 0 Å². The number of rotatable bonds is 5. The number of fused-ring (bicyclic) bond motifs is 3. The molecule has 5 rings (SSSR count). The van der Waals surface area contributed by atoms with Crippen molar-refractivity contribution in [3.8, 4) is 0 Å². The molecule has 8 heteroatoms. The van der Waals surface area contributed by atoms with E-state index in [0.29, 0.717) is 5.56 Å². The van der Waals surface area contributed by atoms with E-state index in [1.54, 1.807) is 21.8 Å². The van der Waals surface area contributed by atoms with Gasteiger partial charge in [-0.05, 0) is 48.9 Å². The molecule has 2 fully saturated rings. The summed E-state index contributed by atoms with van der Waals surface area (Å²) in [6.07, 6.45) is 4.47. The monoisotopic (exact) mass is 440 g/mol. The Morgan fingerprint density at radius 1 is 1.19 bits per heavy atom. The second-order valence-electron chi connectivity index (χ2n) is 8.30. The lowest BCUT2D eigenvalue weighted by molar-refractivity contribution is -0.143. The number of nitrogens with zero attached hydrogens (tertiary/aromatic N) is 3. The van der Waals surface area contributed by atoms with Crippen molar-refractivity contribution in [3.05, 3.63) is 65.1 Å². The van der Waals surface area contributed by atoms with Gasteiger partial charge >= 0.3 is 0 Å². The van der Waals surface area contributed by atoms with Crippen LogP contribution in [0, 0.1) is 11.7 Å². The summed E-state index contributed by atoms with van der Waals surface area (Å²) in [6.45, 7) is 0.340. The number of carbonyl (C=O) groups is 2. The average Bonchev–Trinajstić information content (AvgIpc) is 3.49. The lowest BCUT2D eigenvalue weighted by atomic mass is 9.97. The number of carbonyl (C=O) groups excluding carboxylic acids is 2. The summed E-state index contributed by atoms with van der Waals surface area (Å²) >= 11 is 5.83. The van der Waals surface area contributed by atoms with E-state index in [0.717, 1.165) is 30.2 Å². The zero-order valence-electron chi connectivity index (χ0n) is 16.8. The van der Waals surface area contributed by atoms with Crippen molar-refractivity contribution in [2.75, 3.05) is 0 Å². The molecule has 160 valence electrons. The number of hydrogen-bond acceptors (Lipinski definition) is 3. The molecule has 31 heavy (non-hydrogen) atoms. The SMILES string of the molecule is O=C(NCc1ccc(F)c(Cl)c1)[C@@H]1[C@H]2CC[C@H](C2)N1C(=O)Cn1ncc2ccccc21. The van der Waals surface area contributed by atoms with E-state index in [2.05, 4.69) is 10.4 Å². The molecule has 2 aromatic carbocycles. The van der Waals surface area contributed by atoms with Crippen LogP contribution in [0.25, 0.3) is 10.9 Å². The largest absolute Gasteiger partial charge is 0.350 e. The van der Waals surface area contributed by atoms with Gasteiger partial charge in [0, 0.05) is 18.0 Å². The van der Waals surface area contributed by atoms with Crippen molar-refractivity contribution in [2.24, 2.45) is 5.92 Å². The van der Waals surface area contributed by atoms with Gasteiger partial charge in [-0.2, -0.15) is 5.10 Å². The molecule has 1 N–H and O–H groups in total. The van der Waals surface area contributed by atoms with E-state index in [1.807, 2.05) is 24.3 Å². The molecule has 0 unspecified atom stereocenters. The van der Waals surface area contributed by atoms with Gasteiger partial charge < -0.3 is 10.2 Å². The number of halogens is 2. The van der Waals surface area contributed by atoms with Crippen molar-refractivity contribution in [3.63, 3.8) is 0 Å². The molecule has 1 saturated heterocycles. The summed E-state index contributed by atoms with van der Waals surface area (Å²) < 4.78 is 15.1. The van der Waals surface area contributed by atoms with Crippen LogP contribution in [-0.2, 0) is 22.7 Å². The highest BCUT2D eigenvalue weighted by molar-refractivity contribution is 6.30. The number of nitrogens with one attached hydrogen (secondary N) is 1. The highest BCUT2D eigenvalue weighted by Gasteiger charge is 2.51. The number of aromatic nitrogens is 2. The highest BCUT2D eigenvalue weighted by atomic mass is 35.5. The van der Waals surface area contributed by atoms with Gasteiger partial charge in [-0.1, -0.05) is 35.9 Å². The Hall–Kier alpha value is -2.93. The van der Waals surface area contributed by atoms with E-state index in [9.17, 15) is 14.0 Å². The van der Waals surface area contributed by atoms with Crippen LogP contribution in [0.5, 0.6) is 0 Å². The van der Waals surface area contributed by atoms with Crippen LogP contribution in [0.15, 0.2) is 48.7 Å². The molecule has 0 spiro atoms. The van der Waals surface area contributed by atoms with Gasteiger partial charge in [0.15, 0.2) is 0 Å². The molecule has 1 aliphatic carbocycles. The second-order valence-corrected chi connectivity index (χ2v) is 8.71. The Kier molecular flexibility index (Phi) is 5.14. The zero-order valence-corrected chi connectivity index (χ0v) is 17.6. The molecule has 1 saturated carbocycles. The van der Waals surface area contributed by atoms with Crippen LogP contribution in [0.2, 0.25) is 5.02 Å². The Balaban J connectivity index is 1.31. The third-order valence-corrected chi connectivity index (χ3v) is 6.72. The Labute approximate surface area is 184 Å². The molecule has 2 heterocycles. The first-order valence-corrected chi connectivity index (χ1v) is 10.8. The molecule has 3 atom stereocenters. The first-order chi connectivity index (χ1) is 15.0. The summed E-state index contributed by atoms with van der Waals surface area (Å²) in [5.74, 6) is -0.592. The molecule has 2 aliphatic rings. The van der Waals surface area contributed by atoms with Crippen molar-refractivity contribution in [2.45, 2.75) is 44.4 Å². The number of para-hydroxylation sites is 1. The lowest BCUT2D eigenvalue weighted by Crippen LogP contribution is -2.53. The molecule has 0 radical (unpaired) electrons. The summed E-state index contributed by atoms with van der Waals surface area (Å²) in [6, 6.07) is 11.7. The first kappa shape index (κ1) is 20.0. The number of hydrogen-bond donors (Lipinski definition) is 1. The van der Waals surface area contributed by atoms with Crippen LogP contribution in [0.4, 0.5) is 4.39 Å². The maximum Gasteiger partial charge on any atom is 0.245 e. The van der Waals surface area contributed by atoms with Gasteiger partial charge in [-0.25, -0.2) is 4.39 Å². The van der Waals surface area contributed by atoms with Gasteiger partial charge in [-0.15, -0.1) is 0 Å². The third kappa shape index (κ3) is 3.67. The summed E-state index contributed by atoms with van der Waals surface area (Å²) in [5.41, 5.74) is 1.61. The molecule has 3 aromatic rings. The summed E-state index contributed by atoms with van der Waals surface area (Å²) in [4.78, 5) is 28.1. The molecule has 1 aliphatic heterocycles. The van der Waals surface area contributed by atoms with Crippen LogP contribution in [0.1, 0.15) is 24.8 Å². The molecule has 2 amide bonds. The molecule has 1 aromatic heterocycles. The minimum absolute atomic E-state index is 0.0231. The van der Waals surface area contributed by atoms with Crippen molar-refractivity contribution >= 4 is 34.3 Å². The first-order valence-electron chi connectivity index (χ1n) is 10.4. The van der Waals surface area contributed by atoms with Crippen molar-refractivity contribution < 1.29 is 14.0 Å². The normalized spacial score (nSPS) is 22.3. The van der Waals surface area contributed by atoms with Gasteiger partial charge in [0.05, 0.1) is 16.7 Å². The number of piperidine rings is 1. The van der Waals surface area contributed by atoms with Crippen LogP contribution < -0.4 is 5.32 Å². The number of amides is 2. The fourth-order valence-corrected chi connectivity index (χ4v) is 5.19. The van der Waals surface area contributed by atoms with Gasteiger partial charge in [-0.3, -0.25) is 14.3 Å². The maximum atomic E-state index is 13.4. The Morgan fingerprint density at radius 3 is 2.87 bits per heavy atom. The maximum absolute atomic E-state index is 13.4. The minimum Gasteiger partial charge on any atom is -0.350 e. The van der Waals surface area contributed by atoms with Crippen LogP contribution >= 0.6 is 11.6 Å². The summed E-state index contributed by atoms with van der Waals surface area (Å²) in [7, 11) is 0. The van der Waals surface area contributed by atoms with Crippen molar-refractivity contribution in [1.29, 1.82) is 0 Å². The third-order valence-electron chi connectivity index (χ3n) is 6.43. The summed E-state index contributed by atoms with van der Waals surface area (Å²) in [5, 5.41) is 8.27. The number of benzene rings is 2. The predicted octanol–water partition coefficient (Wildman–Crippen LogP) is 3.52. The highest BCUT2D eigenvalue weighted by Crippen LogP contribution is 2.42. The molecule has 2 bridgehead atoms. The van der Waals surface area contributed by atoms with Gasteiger partial charge in [0.1, 0.15) is 18.4 Å². The van der Waals surface area contributed by atoms with Gasteiger partial charge in [0.2, 0.25) is 11.8 Å². The van der Waals surface area contributed by atoms with E-state index in [4.69, 9.17) is 11.6 Å². The van der Waals surface area contributed by atoms with E-state index < -0.39 is 11.9 Å². The lowest BCUT2D eigenvalue weighted by Gasteiger charge is -2.34. The van der Waals surface area contributed by atoms with E-state index in [1.165, 1.54) is 12.1 Å². The molecule has 6 nitrogen and oxygen atoms in total. The predicted molar refractivity (Wildman–Crippen MR) is 115 cm³/mol. The van der Waals surface area contributed by atoms with Crippen molar-refractivity contribution in [1.82, 2.24) is 20.0 Å². The fraction of sp³-hybridized carbons (Fsp3) is 0.348. The zero-order chi connectivity index (χ0) is 21.5. The minimum atomic E-state index is -0.493. The second kappa shape index (κ2) is 7.96. The standard InChI is InChI=1S/C23H22ClFN4O2/c24-18-9-14(5-8-19(18)25)11-26-23(31)22-15-6-7-17(10-15)29(22)21(30)13-28-20-4-2-1-3-16(20)12-27-28/h1-5,8-9,12,15,17,22H,6-7,10-11,13H2,(H,26,31)/t15-,17+,22-/m0/s1. The smallest absolute Gasteiger partial charge is 0.245 e. The van der Waals surface area contributed by atoms with Crippen LogP contribution in [0.3, 0.4) is 0 Å². The Morgan fingerprint density at radius 2 is 2.03 bits per heavy atom. The molecular weight excluding hydrogens is 419 g/mol.